The second-order valence-corrected chi connectivity index (χ2v) is 31.1. The summed E-state index contributed by atoms with van der Waals surface area (Å²) in [6.45, 7) is 26.8. The summed E-state index contributed by atoms with van der Waals surface area (Å²) >= 11 is 0. The van der Waals surface area contributed by atoms with Gasteiger partial charge in [-0.05, 0) is 155 Å². The fourth-order valence-electron chi connectivity index (χ4n) is 10.3. The molecule has 3 aromatic carbocycles. The second-order valence-electron chi connectivity index (χ2n) is 31.1. The van der Waals surface area contributed by atoms with Crippen LogP contribution in [0.2, 0.25) is 0 Å². The highest BCUT2D eigenvalue weighted by Crippen LogP contribution is 2.21. The predicted octanol–water partition coefficient (Wildman–Crippen LogP) is 7.50. The van der Waals surface area contributed by atoms with Crippen LogP contribution in [0.25, 0.3) is 0 Å². The van der Waals surface area contributed by atoms with Gasteiger partial charge in [-0.1, -0.05) is 43.8 Å². The molecule has 4 amide bonds. The van der Waals surface area contributed by atoms with Crippen molar-refractivity contribution in [1.29, 1.82) is 0 Å². The van der Waals surface area contributed by atoms with Gasteiger partial charge < -0.3 is 116 Å². The summed E-state index contributed by atoms with van der Waals surface area (Å²) in [7, 11) is 0. The van der Waals surface area contributed by atoms with Crippen molar-refractivity contribution in [3.05, 3.63) is 89.5 Å². The molecule has 0 spiro atoms. The van der Waals surface area contributed by atoms with Crippen molar-refractivity contribution in [2.75, 3.05) is 191 Å². The Morgan fingerprint density at radius 3 is 0.967 bits per heavy atom. The Morgan fingerprint density at radius 1 is 0.333 bits per heavy atom. The Bertz CT molecular complexity index is 3350. The normalized spacial score (nSPS) is 12.4. The molecular weight excluding hydrogens is 1570 g/mol. The number of carbonyl (C=O) groups excluding carboxylic acids is 9. The van der Waals surface area contributed by atoms with Crippen LogP contribution in [0.15, 0.2) is 72.8 Å². The monoisotopic (exact) mass is 1700 g/mol. The fraction of sp³-hybridized carbons (Fsp3) is 0.674. The van der Waals surface area contributed by atoms with Gasteiger partial charge in [0.1, 0.15) is 51.5 Å². The van der Waals surface area contributed by atoms with E-state index in [1.54, 1.807) is 156 Å². The number of carboxylic acid groups (broad SMARTS) is 1. The van der Waals surface area contributed by atoms with Gasteiger partial charge in [-0.3, -0.25) is 24.0 Å². The molecule has 3 atom stereocenters. The van der Waals surface area contributed by atoms with E-state index in [1.807, 2.05) is 0 Å². The van der Waals surface area contributed by atoms with Gasteiger partial charge in [0.2, 0.25) is 17.7 Å². The molecule has 34 heteroatoms. The van der Waals surface area contributed by atoms with Gasteiger partial charge in [-0.2, -0.15) is 0 Å². The summed E-state index contributed by atoms with van der Waals surface area (Å²) in [5, 5.41) is 20.6. The number of carbonyl (C=O) groups is 10. The lowest BCUT2D eigenvalue weighted by Crippen LogP contribution is -2.42. The van der Waals surface area contributed by atoms with Gasteiger partial charge in [-0.15, -0.1) is 0 Å². The van der Waals surface area contributed by atoms with Gasteiger partial charge in [0.05, 0.1) is 158 Å². The number of rotatable bonds is 68. The maximum atomic E-state index is 13.6. The summed E-state index contributed by atoms with van der Waals surface area (Å²) in [5.41, 5.74) is -0.401. The van der Waals surface area contributed by atoms with Crippen molar-refractivity contribution in [3.8, 4) is 17.2 Å². The predicted molar refractivity (Wildman–Crippen MR) is 441 cm³/mol. The van der Waals surface area contributed by atoms with Crippen molar-refractivity contribution in [3.63, 3.8) is 0 Å². The number of nitrogens with one attached hydrogen (secondary N) is 4. The van der Waals surface area contributed by atoms with E-state index in [0.29, 0.717) is 68.8 Å². The van der Waals surface area contributed by atoms with E-state index < -0.39 is 76.3 Å². The molecule has 0 saturated carbocycles. The number of ether oxygens (including phenoxy) is 19. The summed E-state index contributed by atoms with van der Waals surface area (Å²) in [4.78, 5) is 126. The molecular formula is C86H136N4O30. The lowest BCUT2D eigenvalue weighted by Gasteiger charge is -2.20. The van der Waals surface area contributed by atoms with Crippen LogP contribution < -0.4 is 35.5 Å². The van der Waals surface area contributed by atoms with E-state index in [0.717, 1.165) is 11.1 Å². The standard InChI is InChI=1S/C85H132N4O30.CH4/c1-82(2,3)116-76(94)60-113-68-21-15-63(16-22-68)56-66(79(97)86-30-36-105-42-48-111-54-52-110-47-41-104-35-29-75(93)89-72(80(98)99)58-65-19-25-70(26-20-65)115-62-78(96)118-84(7,8)9)59-67(90)27-33-102-39-45-108-51-50-107-44-38-101-32-13-14-73(91)71(57-64-17-23-69(24-18-64)114-61-77(95)117-83(4,5)6)88-74(92)28-34-103-40-46-109-53-55-112-49-43-106-37-31-87-81(100)119-85(10,11)12;/h15-26,66,71-72H,13-14,27-62H2,1-12H3,(H,86,97)(H,87,100)(H,88,92)(H,89,93)(H,98,99);1H4. The number of hydrogen-bond donors (Lipinski definition) is 5. The first-order chi connectivity index (χ1) is 56.6. The van der Waals surface area contributed by atoms with Crippen molar-refractivity contribution < 1.29 is 143 Å². The zero-order valence-corrected chi connectivity index (χ0v) is 71.8. The minimum atomic E-state index is -1.20. The molecule has 680 valence electrons. The zero-order chi connectivity index (χ0) is 87.6. The number of ketones is 2. The number of esters is 3. The van der Waals surface area contributed by atoms with Crippen LogP contribution in [0.1, 0.15) is 146 Å². The Balaban J connectivity index is 0.0000488. The number of benzene rings is 3. The van der Waals surface area contributed by atoms with Crippen LogP contribution in [0.5, 0.6) is 17.2 Å². The second kappa shape index (κ2) is 62.6. The molecule has 0 fully saturated rings. The molecule has 3 rings (SSSR count). The number of amides is 4. The largest absolute Gasteiger partial charge is 0.482 e. The van der Waals surface area contributed by atoms with Crippen LogP contribution in [0.3, 0.4) is 0 Å². The van der Waals surface area contributed by atoms with E-state index in [4.69, 9.17) is 90.0 Å². The molecule has 120 heavy (non-hydrogen) atoms. The third kappa shape index (κ3) is 60.0. The molecule has 3 unspecified atom stereocenters. The Morgan fingerprint density at radius 2 is 0.625 bits per heavy atom. The van der Waals surface area contributed by atoms with Gasteiger partial charge in [0, 0.05) is 64.1 Å². The number of aliphatic carboxylic acids is 1. The van der Waals surface area contributed by atoms with Crippen LogP contribution in [-0.2, 0) is 138 Å². The van der Waals surface area contributed by atoms with Crippen molar-refractivity contribution in [1.82, 2.24) is 21.3 Å². The Hall–Kier alpha value is -8.52. The summed E-state index contributed by atoms with van der Waals surface area (Å²) in [5.74, 6) is -3.77. The highest BCUT2D eigenvalue weighted by Gasteiger charge is 2.27. The van der Waals surface area contributed by atoms with E-state index >= 15 is 0 Å². The summed E-state index contributed by atoms with van der Waals surface area (Å²) < 4.78 is 105. The lowest BCUT2D eigenvalue weighted by atomic mass is 9.92. The smallest absolute Gasteiger partial charge is 0.407 e. The molecule has 3 aromatic rings. The molecule has 0 heterocycles. The van der Waals surface area contributed by atoms with Crippen LogP contribution in [0, 0.1) is 5.92 Å². The Labute approximate surface area is 707 Å². The fourth-order valence-corrected chi connectivity index (χ4v) is 10.3. The first kappa shape index (κ1) is 108. The maximum absolute atomic E-state index is 13.6. The van der Waals surface area contributed by atoms with Crippen LogP contribution >= 0.6 is 0 Å². The van der Waals surface area contributed by atoms with Crippen molar-refractivity contribution in [2.24, 2.45) is 5.92 Å². The molecule has 0 bridgehead atoms. The molecule has 0 aromatic heterocycles. The molecule has 0 aliphatic rings. The van der Waals surface area contributed by atoms with Gasteiger partial charge >= 0.3 is 30.0 Å². The number of Topliss-reactive ketones (excluding diaryl/α,β-unsaturated/α-hetero) is 2. The van der Waals surface area contributed by atoms with Gasteiger partial charge in [0.15, 0.2) is 25.6 Å². The topological polar surface area (TPSA) is 414 Å². The third-order valence-corrected chi connectivity index (χ3v) is 15.7. The van der Waals surface area contributed by atoms with Crippen LogP contribution in [-0.4, -0.2) is 290 Å². The molecule has 0 aliphatic heterocycles. The number of hydrogen-bond acceptors (Lipinski definition) is 29. The van der Waals surface area contributed by atoms with E-state index in [9.17, 15) is 53.1 Å². The lowest BCUT2D eigenvalue weighted by molar-refractivity contribution is -0.158. The zero-order valence-electron chi connectivity index (χ0n) is 71.8. The average molecular weight is 1710 g/mol. The first-order valence-corrected chi connectivity index (χ1v) is 40.4. The van der Waals surface area contributed by atoms with E-state index in [2.05, 4.69) is 21.3 Å². The Kier molecular flexibility index (Phi) is 56.1. The van der Waals surface area contributed by atoms with Gasteiger partial charge in [0.25, 0.3) is 0 Å². The van der Waals surface area contributed by atoms with E-state index in [1.165, 1.54) is 0 Å². The molecule has 0 saturated heterocycles. The highest BCUT2D eigenvalue weighted by atomic mass is 16.6. The SMILES string of the molecule is C.CC(C)(C)OC(=O)COc1ccc(CC(CC(=O)CCOCCOCCOCCOCCCC(=O)C(Cc2ccc(OCC(=O)OC(C)(C)C)cc2)NC(=O)CCOCCOCCOCCOCCNC(=O)OC(C)(C)C)C(=O)NCCOCCOCCOCCOCCC(=O)NC(Cc2ccc(OCC(=O)OC(C)(C)C)cc2)C(=O)O)cc1. The first-order valence-electron chi connectivity index (χ1n) is 40.4. The maximum Gasteiger partial charge on any atom is 0.407 e. The minimum absolute atomic E-state index is 0. The molecule has 5 N–H and O–H groups in total. The third-order valence-electron chi connectivity index (χ3n) is 15.7. The van der Waals surface area contributed by atoms with Crippen molar-refractivity contribution >= 4 is 59.3 Å². The summed E-state index contributed by atoms with van der Waals surface area (Å²) in [6, 6.07) is 18.3. The van der Waals surface area contributed by atoms with Crippen LogP contribution in [0.4, 0.5) is 4.79 Å². The van der Waals surface area contributed by atoms with Gasteiger partial charge in [-0.25, -0.2) is 24.0 Å². The quantitative estimate of drug-likeness (QED) is 0.0207. The average Bonchev–Trinajstić information content (AvgIpc) is 0.888. The molecule has 0 radical (unpaired) electrons. The molecule has 34 nitrogen and oxygen atoms in total. The molecule has 0 aliphatic carbocycles. The number of alkyl carbamates (subject to hydrolysis) is 1. The van der Waals surface area contributed by atoms with E-state index in [-0.39, 0.29) is 234 Å². The highest BCUT2D eigenvalue weighted by molar-refractivity contribution is 5.89. The van der Waals surface area contributed by atoms with Crippen molar-refractivity contribution in [2.45, 2.75) is 183 Å². The minimum Gasteiger partial charge on any atom is -0.482 e. The number of carboxylic acids is 1. The summed E-state index contributed by atoms with van der Waals surface area (Å²) in [6.07, 6.45) is 0.442.